The van der Waals surface area contributed by atoms with Crippen LogP contribution in [0.1, 0.15) is 37.1 Å². The molecule has 21 heavy (non-hydrogen) atoms. The van der Waals surface area contributed by atoms with Crippen molar-refractivity contribution in [1.29, 1.82) is 0 Å². The summed E-state index contributed by atoms with van der Waals surface area (Å²) in [5.41, 5.74) is 9.32. The normalized spacial score (nSPS) is 22.2. The molecule has 1 amide bonds. The number of likely N-dealkylation sites (tertiary alicyclic amines) is 1. The summed E-state index contributed by atoms with van der Waals surface area (Å²) >= 11 is 0. The smallest absolute Gasteiger partial charge is 0.224 e. The molecule has 2 atom stereocenters. The van der Waals surface area contributed by atoms with Crippen LogP contribution in [0.5, 0.6) is 0 Å². The van der Waals surface area contributed by atoms with E-state index < -0.39 is 0 Å². The van der Waals surface area contributed by atoms with Crippen LogP contribution in [-0.4, -0.2) is 28.4 Å². The maximum absolute atomic E-state index is 12.1. The summed E-state index contributed by atoms with van der Waals surface area (Å²) in [7, 11) is 0. The summed E-state index contributed by atoms with van der Waals surface area (Å²) < 4.78 is 0. The van der Waals surface area contributed by atoms with Gasteiger partial charge in [-0.3, -0.25) is 9.78 Å². The first-order valence-corrected chi connectivity index (χ1v) is 7.52. The minimum absolute atomic E-state index is 0.0110. The van der Waals surface area contributed by atoms with Crippen LogP contribution in [0.2, 0.25) is 0 Å². The maximum Gasteiger partial charge on any atom is 0.224 e. The second kappa shape index (κ2) is 5.45. The van der Waals surface area contributed by atoms with E-state index in [0.29, 0.717) is 6.42 Å². The fourth-order valence-electron chi connectivity index (χ4n) is 3.18. The van der Waals surface area contributed by atoms with Gasteiger partial charge in [0.25, 0.3) is 0 Å². The summed E-state index contributed by atoms with van der Waals surface area (Å²) in [5.74, 6) is 0.163. The van der Waals surface area contributed by atoms with Crippen LogP contribution >= 0.6 is 0 Å². The van der Waals surface area contributed by atoms with Gasteiger partial charge in [0.1, 0.15) is 0 Å². The van der Waals surface area contributed by atoms with Crippen LogP contribution in [0.3, 0.4) is 0 Å². The van der Waals surface area contributed by atoms with Gasteiger partial charge in [-0.25, -0.2) is 0 Å². The second-order valence-electron chi connectivity index (χ2n) is 5.80. The zero-order valence-electron chi connectivity index (χ0n) is 12.5. The Labute approximate surface area is 125 Å². The van der Waals surface area contributed by atoms with Gasteiger partial charge in [-0.2, -0.15) is 0 Å². The van der Waals surface area contributed by atoms with E-state index in [2.05, 4.69) is 30.1 Å². The molecule has 0 aliphatic carbocycles. The number of aromatic nitrogens is 1. The Bertz CT molecular complexity index is 683. The van der Waals surface area contributed by atoms with E-state index in [-0.39, 0.29) is 18.0 Å². The molecule has 1 saturated heterocycles. The first kappa shape index (κ1) is 14.0. The molecule has 1 aromatic carbocycles. The van der Waals surface area contributed by atoms with Gasteiger partial charge in [0.2, 0.25) is 5.91 Å². The highest BCUT2D eigenvalue weighted by Crippen LogP contribution is 2.33. The van der Waals surface area contributed by atoms with Crippen molar-refractivity contribution < 1.29 is 4.79 Å². The second-order valence-corrected chi connectivity index (χ2v) is 5.80. The van der Waals surface area contributed by atoms with Crippen molar-refractivity contribution >= 4 is 16.8 Å². The predicted molar refractivity (Wildman–Crippen MR) is 83.8 cm³/mol. The van der Waals surface area contributed by atoms with E-state index in [9.17, 15) is 4.79 Å². The molecule has 110 valence electrons. The quantitative estimate of drug-likeness (QED) is 0.941. The molecular weight excluding hydrogens is 262 g/mol. The Balaban J connectivity index is 2.02. The molecule has 1 fully saturated rings. The summed E-state index contributed by atoms with van der Waals surface area (Å²) in [6.45, 7) is 4.84. The molecule has 1 aliphatic rings. The van der Waals surface area contributed by atoms with E-state index in [1.54, 1.807) is 0 Å². The third kappa shape index (κ3) is 2.51. The van der Waals surface area contributed by atoms with Gasteiger partial charge in [0.05, 0.1) is 11.6 Å². The van der Waals surface area contributed by atoms with Crippen molar-refractivity contribution in [1.82, 2.24) is 9.88 Å². The van der Waals surface area contributed by atoms with Crippen LogP contribution in [0.15, 0.2) is 30.3 Å². The molecule has 4 heteroatoms. The average Bonchev–Trinajstić information content (AvgIpc) is 2.73. The van der Waals surface area contributed by atoms with Gasteiger partial charge in [-0.05, 0) is 37.1 Å². The molecular formula is C17H21N3O. The van der Waals surface area contributed by atoms with Gasteiger partial charge in [0.15, 0.2) is 0 Å². The highest BCUT2D eigenvalue weighted by molar-refractivity contribution is 5.82. The third-order valence-corrected chi connectivity index (χ3v) is 4.13. The third-order valence-electron chi connectivity index (χ3n) is 4.13. The number of pyridine rings is 1. The summed E-state index contributed by atoms with van der Waals surface area (Å²) in [4.78, 5) is 18.5. The number of nitrogens with zero attached hydrogens (tertiary/aromatic N) is 2. The molecule has 4 nitrogen and oxygen atoms in total. The van der Waals surface area contributed by atoms with E-state index in [4.69, 9.17) is 5.73 Å². The van der Waals surface area contributed by atoms with Crippen LogP contribution in [0, 0.1) is 6.92 Å². The van der Waals surface area contributed by atoms with E-state index in [0.717, 1.165) is 35.1 Å². The molecule has 3 rings (SSSR count). The van der Waals surface area contributed by atoms with Crippen molar-refractivity contribution in [3.8, 4) is 0 Å². The number of benzene rings is 1. The van der Waals surface area contributed by atoms with E-state index >= 15 is 0 Å². The maximum atomic E-state index is 12.1. The van der Waals surface area contributed by atoms with E-state index in [1.807, 2.05) is 24.0 Å². The number of carbonyl (C=O) groups is 1. The Hall–Kier alpha value is -1.94. The van der Waals surface area contributed by atoms with Crippen molar-refractivity contribution in [2.24, 2.45) is 5.73 Å². The van der Waals surface area contributed by atoms with Gasteiger partial charge in [0, 0.05) is 30.1 Å². The lowest BCUT2D eigenvalue weighted by Crippen LogP contribution is -2.33. The summed E-state index contributed by atoms with van der Waals surface area (Å²) in [6.07, 6.45) is 1.39. The van der Waals surface area contributed by atoms with Crippen molar-refractivity contribution in [3.05, 3.63) is 41.6 Å². The minimum atomic E-state index is -0.125. The lowest BCUT2D eigenvalue weighted by Gasteiger charge is -2.27. The summed E-state index contributed by atoms with van der Waals surface area (Å²) in [5, 5.41) is 1.10. The molecule has 0 saturated carbocycles. The van der Waals surface area contributed by atoms with Crippen LogP contribution in [0.4, 0.5) is 0 Å². The minimum Gasteiger partial charge on any atom is -0.334 e. The van der Waals surface area contributed by atoms with Crippen LogP contribution < -0.4 is 5.73 Å². The number of fused-ring (bicyclic) bond motifs is 1. The molecule has 0 spiro atoms. The van der Waals surface area contributed by atoms with Crippen molar-refractivity contribution in [2.75, 3.05) is 6.54 Å². The largest absolute Gasteiger partial charge is 0.334 e. The van der Waals surface area contributed by atoms with Crippen LogP contribution in [-0.2, 0) is 4.79 Å². The summed E-state index contributed by atoms with van der Waals surface area (Å²) in [6, 6.07) is 10.2. The Morgan fingerprint density at radius 3 is 2.90 bits per heavy atom. The standard InChI is InChI=1S/C17H21N3O/c1-3-8-20-16(21)10-14(18)17(20)13-6-7-15-12(9-13)5-4-11(2)19-15/h4-7,9,14,17H,3,8,10,18H2,1-2H3. The van der Waals surface area contributed by atoms with E-state index in [1.165, 1.54) is 0 Å². The Morgan fingerprint density at radius 2 is 2.14 bits per heavy atom. The first-order chi connectivity index (χ1) is 10.1. The topological polar surface area (TPSA) is 59.2 Å². The molecule has 2 aromatic rings. The van der Waals surface area contributed by atoms with Gasteiger partial charge >= 0.3 is 0 Å². The number of amides is 1. The lowest BCUT2D eigenvalue weighted by atomic mass is 9.98. The molecule has 1 aromatic heterocycles. The van der Waals surface area contributed by atoms with Crippen molar-refractivity contribution in [2.45, 2.75) is 38.8 Å². The first-order valence-electron chi connectivity index (χ1n) is 7.52. The van der Waals surface area contributed by atoms with Crippen molar-refractivity contribution in [3.63, 3.8) is 0 Å². The van der Waals surface area contributed by atoms with Crippen LogP contribution in [0.25, 0.3) is 10.9 Å². The monoisotopic (exact) mass is 283 g/mol. The highest BCUT2D eigenvalue weighted by atomic mass is 16.2. The molecule has 0 bridgehead atoms. The Morgan fingerprint density at radius 1 is 1.33 bits per heavy atom. The number of hydrogen-bond acceptors (Lipinski definition) is 3. The highest BCUT2D eigenvalue weighted by Gasteiger charge is 2.37. The average molecular weight is 283 g/mol. The van der Waals surface area contributed by atoms with Gasteiger partial charge in [-0.15, -0.1) is 0 Å². The lowest BCUT2D eigenvalue weighted by molar-refractivity contribution is -0.129. The SMILES string of the molecule is CCCN1C(=O)CC(N)C1c1ccc2nc(C)ccc2c1. The number of rotatable bonds is 3. The van der Waals surface area contributed by atoms with Gasteiger partial charge < -0.3 is 10.6 Å². The zero-order chi connectivity index (χ0) is 15.0. The fraction of sp³-hybridized carbons (Fsp3) is 0.412. The number of hydrogen-bond donors (Lipinski definition) is 1. The Kier molecular flexibility index (Phi) is 3.64. The van der Waals surface area contributed by atoms with Gasteiger partial charge in [-0.1, -0.05) is 19.1 Å². The molecule has 2 heterocycles. The number of nitrogens with two attached hydrogens (primary N) is 1. The molecule has 0 radical (unpaired) electrons. The molecule has 1 aliphatic heterocycles. The number of aryl methyl sites for hydroxylation is 1. The molecule has 2 N–H and O–H groups in total. The fourth-order valence-corrected chi connectivity index (χ4v) is 3.18. The number of carbonyl (C=O) groups excluding carboxylic acids is 1. The molecule has 2 unspecified atom stereocenters. The zero-order valence-corrected chi connectivity index (χ0v) is 12.5. The predicted octanol–water partition coefficient (Wildman–Crippen LogP) is 2.55.